The van der Waals surface area contributed by atoms with E-state index in [9.17, 15) is 0 Å². The second kappa shape index (κ2) is 8.34. The molecule has 4 aromatic rings. The van der Waals surface area contributed by atoms with Gasteiger partial charge >= 0.3 is 0 Å². The molecule has 3 aromatic heterocycles. The molecular formula is C20H21N7O. The summed E-state index contributed by atoms with van der Waals surface area (Å²) in [5, 5.41) is 14.9. The SMILES string of the molecule is CCNC(=NCc1coc(-c2ccccc2)n1)NCc1nnc2ccccn12. The lowest BCUT2D eigenvalue weighted by molar-refractivity contribution is 0.572. The largest absolute Gasteiger partial charge is 0.444 e. The Morgan fingerprint density at radius 2 is 1.93 bits per heavy atom. The Kier molecular flexibility index (Phi) is 5.28. The average molecular weight is 375 g/mol. The molecule has 0 aliphatic carbocycles. The molecule has 0 fully saturated rings. The van der Waals surface area contributed by atoms with Gasteiger partial charge < -0.3 is 15.1 Å². The summed E-state index contributed by atoms with van der Waals surface area (Å²) >= 11 is 0. The van der Waals surface area contributed by atoms with Crippen LogP contribution < -0.4 is 10.6 Å². The smallest absolute Gasteiger partial charge is 0.226 e. The molecule has 3 heterocycles. The first-order valence-electron chi connectivity index (χ1n) is 9.14. The lowest BCUT2D eigenvalue weighted by atomic mass is 10.2. The van der Waals surface area contributed by atoms with Crippen LogP contribution in [0.1, 0.15) is 18.4 Å². The average Bonchev–Trinajstić information content (AvgIpc) is 3.38. The summed E-state index contributed by atoms with van der Waals surface area (Å²) in [4.78, 5) is 9.09. The predicted molar refractivity (Wildman–Crippen MR) is 107 cm³/mol. The van der Waals surface area contributed by atoms with Crippen molar-refractivity contribution in [2.24, 2.45) is 4.99 Å². The predicted octanol–water partition coefficient (Wildman–Crippen LogP) is 2.64. The first-order valence-corrected chi connectivity index (χ1v) is 9.14. The van der Waals surface area contributed by atoms with Crippen LogP contribution >= 0.6 is 0 Å². The minimum Gasteiger partial charge on any atom is -0.444 e. The summed E-state index contributed by atoms with van der Waals surface area (Å²) in [5.41, 5.74) is 2.53. The minimum atomic E-state index is 0.409. The van der Waals surface area contributed by atoms with Crippen molar-refractivity contribution in [3.63, 3.8) is 0 Å². The van der Waals surface area contributed by atoms with Crippen molar-refractivity contribution in [3.8, 4) is 11.5 Å². The number of fused-ring (bicyclic) bond motifs is 1. The Hall–Kier alpha value is -3.68. The van der Waals surface area contributed by atoms with Gasteiger partial charge in [-0.15, -0.1) is 10.2 Å². The zero-order chi connectivity index (χ0) is 19.2. The molecule has 0 atom stereocenters. The third-order valence-electron chi connectivity index (χ3n) is 4.11. The quantitative estimate of drug-likeness (QED) is 0.398. The van der Waals surface area contributed by atoms with E-state index in [1.54, 1.807) is 6.26 Å². The highest BCUT2D eigenvalue weighted by atomic mass is 16.3. The third kappa shape index (κ3) is 4.01. The topological polar surface area (TPSA) is 92.6 Å². The lowest BCUT2D eigenvalue weighted by Gasteiger charge is -2.10. The summed E-state index contributed by atoms with van der Waals surface area (Å²) in [5.74, 6) is 2.09. The van der Waals surface area contributed by atoms with Crippen LogP contribution in [0, 0.1) is 0 Å². The number of nitrogens with one attached hydrogen (secondary N) is 2. The van der Waals surface area contributed by atoms with Gasteiger partial charge in [-0.25, -0.2) is 9.98 Å². The number of oxazole rings is 1. The molecule has 0 amide bonds. The summed E-state index contributed by atoms with van der Waals surface area (Å²) in [6.45, 7) is 3.69. The summed E-state index contributed by atoms with van der Waals surface area (Å²) < 4.78 is 7.51. The highest BCUT2D eigenvalue weighted by Crippen LogP contribution is 2.18. The molecule has 0 aliphatic heterocycles. The first kappa shape index (κ1) is 17.7. The summed E-state index contributed by atoms with van der Waals surface area (Å²) in [7, 11) is 0. The number of nitrogens with zero attached hydrogens (tertiary/aromatic N) is 5. The molecule has 0 aliphatic rings. The Bertz CT molecular complexity index is 1070. The lowest BCUT2D eigenvalue weighted by Crippen LogP contribution is -2.37. The van der Waals surface area contributed by atoms with Gasteiger partial charge in [0.25, 0.3) is 0 Å². The van der Waals surface area contributed by atoms with Crippen LogP contribution in [0.4, 0.5) is 0 Å². The fraction of sp³-hybridized carbons (Fsp3) is 0.200. The number of hydrogen-bond donors (Lipinski definition) is 2. The van der Waals surface area contributed by atoms with Crippen LogP contribution in [-0.4, -0.2) is 32.1 Å². The molecular weight excluding hydrogens is 354 g/mol. The highest BCUT2D eigenvalue weighted by molar-refractivity contribution is 5.79. The maximum absolute atomic E-state index is 5.57. The van der Waals surface area contributed by atoms with Crippen LogP contribution in [0.5, 0.6) is 0 Å². The molecule has 0 saturated heterocycles. The van der Waals surface area contributed by atoms with Crippen LogP contribution in [0.15, 0.2) is 70.4 Å². The highest BCUT2D eigenvalue weighted by Gasteiger charge is 2.08. The Morgan fingerprint density at radius 3 is 2.79 bits per heavy atom. The number of rotatable bonds is 6. The molecule has 1 aromatic carbocycles. The van der Waals surface area contributed by atoms with Gasteiger partial charge in [0.1, 0.15) is 12.0 Å². The first-order chi connectivity index (χ1) is 13.8. The standard InChI is InChI=1S/C20H21N7O/c1-2-21-20(23-13-18-26-25-17-10-6-7-11-27(17)18)22-12-16-14-28-19(24-16)15-8-4-3-5-9-15/h3-11,14H,2,12-13H2,1H3,(H2,21,22,23). The van der Waals surface area contributed by atoms with Crippen LogP contribution in [0.25, 0.3) is 17.1 Å². The van der Waals surface area contributed by atoms with Crippen molar-refractivity contribution in [2.45, 2.75) is 20.0 Å². The van der Waals surface area contributed by atoms with Gasteiger partial charge in [-0.1, -0.05) is 24.3 Å². The maximum Gasteiger partial charge on any atom is 0.226 e. The van der Waals surface area contributed by atoms with E-state index in [-0.39, 0.29) is 0 Å². The van der Waals surface area contributed by atoms with E-state index in [1.807, 2.05) is 66.1 Å². The number of benzene rings is 1. The Morgan fingerprint density at radius 1 is 1.07 bits per heavy atom. The van der Waals surface area contributed by atoms with E-state index in [2.05, 4.69) is 30.8 Å². The molecule has 8 heteroatoms. The second-order valence-corrected chi connectivity index (χ2v) is 6.10. The molecule has 28 heavy (non-hydrogen) atoms. The monoisotopic (exact) mass is 375 g/mol. The third-order valence-corrected chi connectivity index (χ3v) is 4.11. The van der Waals surface area contributed by atoms with Gasteiger partial charge in [-0.3, -0.25) is 4.40 Å². The zero-order valence-electron chi connectivity index (χ0n) is 15.5. The van der Waals surface area contributed by atoms with E-state index < -0.39 is 0 Å². The van der Waals surface area contributed by atoms with Crippen LogP contribution in [0.3, 0.4) is 0 Å². The van der Waals surface area contributed by atoms with Crippen molar-refractivity contribution >= 4 is 11.6 Å². The van der Waals surface area contributed by atoms with Gasteiger partial charge in [0.2, 0.25) is 5.89 Å². The van der Waals surface area contributed by atoms with Crippen molar-refractivity contribution < 1.29 is 4.42 Å². The molecule has 0 spiro atoms. The number of hydrogen-bond acceptors (Lipinski definition) is 5. The molecule has 8 nitrogen and oxygen atoms in total. The van der Waals surface area contributed by atoms with Gasteiger partial charge in [0, 0.05) is 18.3 Å². The molecule has 4 rings (SSSR count). The molecule has 0 unspecified atom stereocenters. The number of guanidine groups is 1. The molecule has 2 N–H and O–H groups in total. The van der Waals surface area contributed by atoms with Gasteiger partial charge in [0.15, 0.2) is 17.4 Å². The molecule has 142 valence electrons. The van der Waals surface area contributed by atoms with Crippen LogP contribution in [-0.2, 0) is 13.1 Å². The molecule has 0 radical (unpaired) electrons. The number of aromatic nitrogens is 4. The van der Waals surface area contributed by atoms with Gasteiger partial charge in [0.05, 0.1) is 13.1 Å². The zero-order valence-corrected chi connectivity index (χ0v) is 15.5. The Balaban J connectivity index is 1.43. The fourth-order valence-electron chi connectivity index (χ4n) is 2.77. The molecule has 0 saturated carbocycles. The van der Waals surface area contributed by atoms with Gasteiger partial charge in [-0.2, -0.15) is 0 Å². The minimum absolute atomic E-state index is 0.409. The normalized spacial score (nSPS) is 11.7. The molecule has 0 bridgehead atoms. The van der Waals surface area contributed by atoms with Crippen molar-refractivity contribution in [2.75, 3.05) is 6.54 Å². The van der Waals surface area contributed by atoms with Crippen LogP contribution in [0.2, 0.25) is 0 Å². The van der Waals surface area contributed by atoms with E-state index in [4.69, 9.17) is 4.42 Å². The maximum atomic E-state index is 5.57. The Labute approximate surface area is 162 Å². The number of pyridine rings is 1. The number of aliphatic imine (C=N–C) groups is 1. The summed E-state index contributed by atoms with van der Waals surface area (Å²) in [6, 6.07) is 15.6. The van der Waals surface area contributed by atoms with Crippen molar-refractivity contribution in [1.29, 1.82) is 0 Å². The van der Waals surface area contributed by atoms with E-state index in [1.165, 1.54) is 0 Å². The van der Waals surface area contributed by atoms with E-state index >= 15 is 0 Å². The van der Waals surface area contributed by atoms with Crippen molar-refractivity contribution in [1.82, 2.24) is 30.2 Å². The second-order valence-electron chi connectivity index (χ2n) is 6.10. The van der Waals surface area contributed by atoms with E-state index in [0.717, 1.165) is 29.3 Å². The van der Waals surface area contributed by atoms with Gasteiger partial charge in [-0.05, 0) is 31.2 Å². The van der Waals surface area contributed by atoms with E-state index in [0.29, 0.717) is 24.9 Å². The summed E-state index contributed by atoms with van der Waals surface area (Å²) in [6.07, 6.45) is 3.58. The fourth-order valence-corrected chi connectivity index (χ4v) is 2.77. The van der Waals surface area contributed by atoms with Crippen molar-refractivity contribution in [3.05, 3.63) is 72.5 Å².